The van der Waals surface area contributed by atoms with Gasteiger partial charge in [0.1, 0.15) is 0 Å². The minimum absolute atomic E-state index is 0.0654. The third-order valence-corrected chi connectivity index (χ3v) is 2.65. The Bertz CT molecular complexity index is 517. The van der Waals surface area contributed by atoms with Crippen LogP contribution in [0.3, 0.4) is 0 Å². The molecule has 17 heavy (non-hydrogen) atoms. The first-order valence-electron chi connectivity index (χ1n) is 5.29. The van der Waals surface area contributed by atoms with E-state index in [9.17, 15) is 0 Å². The third kappa shape index (κ3) is 2.56. The van der Waals surface area contributed by atoms with Crippen LogP contribution in [0, 0.1) is 0 Å². The summed E-state index contributed by atoms with van der Waals surface area (Å²) in [6.07, 6.45) is 1.68. The summed E-state index contributed by atoms with van der Waals surface area (Å²) < 4.78 is 1.65. The highest BCUT2D eigenvalue weighted by atomic mass is 35.5. The van der Waals surface area contributed by atoms with E-state index in [1.54, 1.807) is 4.68 Å². The van der Waals surface area contributed by atoms with Crippen molar-refractivity contribution in [2.45, 2.75) is 26.7 Å². The Labute approximate surface area is 109 Å². The minimum atomic E-state index is 0.0654. The van der Waals surface area contributed by atoms with Gasteiger partial charge in [0.25, 0.3) is 5.95 Å². The van der Waals surface area contributed by atoms with E-state index in [4.69, 9.17) is 23.2 Å². The van der Waals surface area contributed by atoms with Gasteiger partial charge in [0.15, 0.2) is 0 Å². The fraction of sp³-hybridized carbons (Fsp3) is 0.400. The molecule has 2 rings (SSSR count). The van der Waals surface area contributed by atoms with E-state index in [-0.39, 0.29) is 10.6 Å². The van der Waals surface area contributed by atoms with Gasteiger partial charge in [-0.05, 0) is 42.1 Å². The molecule has 0 saturated heterocycles. The number of nitrogens with zero attached hydrogens (tertiary/aromatic N) is 5. The summed E-state index contributed by atoms with van der Waals surface area (Å²) in [5, 5.41) is 4.53. The Morgan fingerprint density at radius 1 is 1.06 bits per heavy atom. The molecule has 0 atom stereocenters. The quantitative estimate of drug-likeness (QED) is 0.861. The van der Waals surface area contributed by atoms with E-state index >= 15 is 0 Å². The first kappa shape index (κ1) is 12.3. The van der Waals surface area contributed by atoms with Gasteiger partial charge < -0.3 is 0 Å². The monoisotopic (exact) mass is 271 g/mol. The average molecular weight is 272 g/mol. The molecule has 0 aliphatic rings. The number of aryl methyl sites for hydroxylation is 2. The first-order valence-corrected chi connectivity index (χ1v) is 6.05. The van der Waals surface area contributed by atoms with Gasteiger partial charge in [-0.3, -0.25) is 0 Å². The van der Waals surface area contributed by atoms with Crippen molar-refractivity contribution in [3.63, 3.8) is 0 Å². The van der Waals surface area contributed by atoms with Crippen molar-refractivity contribution < 1.29 is 0 Å². The topological polar surface area (TPSA) is 56.5 Å². The Hall–Kier alpha value is -1.20. The molecule has 5 nitrogen and oxygen atoms in total. The van der Waals surface area contributed by atoms with Crippen molar-refractivity contribution in [1.29, 1.82) is 0 Å². The van der Waals surface area contributed by atoms with Gasteiger partial charge in [-0.25, -0.2) is 4.68 Å². The summed E-state index contributed by atoms with van der Waals surface area (Å²) in [5.74, 6) is 0.353. The molecule has 0 aliphatic heterocycles. The number of aromatic nitrogens is 5. The second-order valence-corrected chi connectivity index (χ2v) is 4.10. The van der Waals surface area contributed by atoms with Gasteiger partial charge in [0.2, 0.25) is 10.6 Å². The number of hydrogen-bond acceptors (Lipinski definition) is 4. The number of hydrogen-bond donors (Lipinski definition) is 0. The molecule has 0 amide bonds. The van der Waals surface area contributed by atoms with Gasteiger partial charge in [-0.1, -0.05) is 13.8 Å². The maximum Gasteiger partial charge on any atom is 0.256 e. The van der Waals surface area contributed by atoms with Gasteiger partial charge in [0, 0.05) is 5.69 Å². The van der Waals surface area contributed by atoms with Crippen LogP contribution in [0.1, 0.15) is 25.2 Å². The lowest BCUT2D eigenvalue weighted by molar-refractivity contribution is 0.738. The van der Waals surface area contributed by atoms with Crippen molar-refractivity contribution in [1.82, 2.24) is 24.7 Å². The predicted molar refractivity (Wildman–Crippen MR) is 65.7 cm³/mol. The molecule has 2 aromatic rings. The van der Waals surface area contributed by atoms with Crippen molar-refractivity contribution >= 4 is 23.2 Å². The Morgan fingerprint density at radius 2 is 1.71 bits per heavy atom. The smallest absolute Gasteiger partial charge is 0.203 e. The summed E-state index contributed by atoms with van der Waals surface area (Å²) >= 11 is 11.5. The molecule has 0 aliphatic carbocycles. The molecule has 0 unspecified atom stereocenters. The molecule has 90 valence electrons. The molecule has 0 spiro atoms. The SMILES string of the molecule is CCc1cc(CC)n(-c2nc(Cl)nc(Cl)n2)n1. The van der Waals surface area contributed by atoms with E-state index in [0.29, 0.717) is 5.95 Å². The minimum Gasteiger partial charge on any atom is -0.203 e. The molecular formula is C10H11Cl2N5. The van der Waals surface area contributed by atoms with Crippen LogP contribution in [0.2, 0.25) is 10.6 Å². The largest absolute Gasteiger partial charge is 0.256 e. The molecule has 0 saturated carbocycles. The first-order chi connectivity index (χ1) is 8.13. The Balaban J connectivity index is 2.54. The van der Waals surface area contributed by atoms with Gasteiger partial charge in [0.05, 0.1) is 5.69 Å². The standard InChI is InChI=1S/C10H11Cl2N5/c1-3-6-5-7(4-2)17(16-6)10-14-8(11)13-9(12)15-10/h5H,3-4H2,1-2H3. The van der Waals surface area contributed by atoms with Gasteiger partial charge in [-0.15, -0.1) is 0 Å². The fourth-order valence-electron chi connectivity index (χ4n) is 1.48. The van der Waals surface area contributed by atoms with E-state index in [1.165, 1.54) is 0 Å². The van der Waals surface area contributed by atoms with E-state index in [0.717, 1.165) is 24.2 Å². The summed E-state index contributed by atoms with van der Waals surface area (Å²) in [6.45, 7) is 4.08. The van der Waals surface area contributed by atoms with Crippen molar-refractivity contribution in [2.24, 2.45) is 0 Å². The molecule has 2 aromatic heterocycles. The molecule has 7 heteroatoms. The van der Waals surface area contributed by atoms with E-state index in [2.05, 4.69) is 20.1 Å². The zero-order valence-electron chi connectivity index (χ0n) is 9.48. The van der Waals surface area contributed by atoms with Crippen LogP contribution < -0.4 is 0 Å². The molecule has 0 fully saturated rings. The van der Waals surface area contributed by atoms with Crippen LogP contribution in [0.5, 0.6) is 0 Å². The highest BCUT2D eigenvalue weighted by Gasteiger charge is 2.11. The Kier molecular flexibility index (Phi) is 3.59. The van der Waals surface area contributed by atoms with Crippen molar-refractivity contribution in [3.05, 3.63) is 28.0 Å². The number of halogens is 2. The van der Waals surface area contributed by atoms with Crippen LogP contribution >= 0.6 is 23.2 Å². The van der Waals surface area contributed by atoms with Crippen LogP contribution in [-0.4, -0.2) is 24.7 Å². The highest BCUT2D eigenvalue weighted by molar-refractivity contribution is 6.31. The van der Waals surface area contributed by atoms with Crippen molar-refractivity contribution in [2.75, 3.05) is 0 Å². The van der Waals surface area contributed by atoms with Gasteiger partial charge >= 0.3 is 0 Å². The molecule has 0 aromatic carbocycles. The molecule has 0 bridgehead atoms. The van der Waals surface area contributed by atoms with Crippen LogP contribution in [0.25, 0.3) is 5.95 Å². The Morgan fingerprint density at radius 3 is 2.24 bits per heavy atom. The van der Waals surface area contributed by atoms with E-state index in [1.807, 2.05) is 19.9 Å². The zero-order chi connectivity index (χ0) is 12.4. The average Bonchev–Trinajstić information content (AvgIpc) is 2.70. The lowest BCUT2D eigenvalue weighted by Crippen LogP contribution is -2.08. The number of rotatable bonds is 3. The highest BCUT2D eigenvalue weighted by Crippen LogP contribution is 2.14. The van der Waals surface area contributed by atoms with E-state index < -0.39 is 0 Å². The zero-order valence-corrected chi connectivity index (χ0v) is 11.0. The normalized spacial score (nSPS) is 10.8. The second-order valence-electron chi connectivity index (χ2n) is 3.42. The lowest BCUT2D eigenvalue weighted by atomic mass is 10.3. The molecule has 2 heterocycles. The molecular weight excluding hydrogens is 261 g/mol. The third-order valence-electron chi connectivity index (χ3n) is 2.32. The van der Waals surface area contributed by atoms with Crippen LogP contribution in [0.15, 0.2) is 6.07 Å². The maximum atomic E-state index is 5.75. The summed E-state index contributed by atoms with van der Waals surface area (Å²) in [5.41, 5.74) is 2.00. The molecule has 0 radical (unpaired) electrons. The summed E-state index contributed by atoms with van der Waals surface area (Å²) in [7, 11) is 0. The van der Waals surface area contributed by atoms with Crippen LogP contribution in [0.4, 0.5) is 0 Å². The fourth-order valence-corrected chi connectivity index (χ4v) is 1.84. The summed E-state index contributed by atoms with van der Waals surface area (Å²) in [4.78, 5) is 11.7. The predicted octanol–water partition coefficient (Wildman–Crippen LogP) is 2.49. The van der Waals surface area contributed by atoms with Crippen molar-refractivity contribution in [3.8, 4) is 5.95 Å². The maximum absolute atomic E-state index is 5.75. The lowest BCUT2D eigenvalue weighted by Gasteiger charge is -2.03. The summed E-state index contributed by atoms with van der Waals surface area (Å²) in [6, 6.07) is 2.02. The van der Waals surface area contributed by atoms with Crippen LogP contribution in [-0.2, 0) is 12.8 Å². The van der Waals surface area contributed by atoms with Gasteiger partial charge in [-0.2, -0.15) is 20.1 Å². The molecule has 0 N–H and O–H groups in total. The second kappa shape index (κ2) is 4.98.